The summed E-state index contributed by atoms with van der Waals surface area (Å²) in [5, 5.41) is 2.87. The Morgan fingerprint density at radius 1 is 0.711 bits per heavy atom. The van der Waals surface area contributed by atoms with E-state index in [2.05, 4.69) is 5.09 Å². The molecule has 2 fully saturated rings. The van der Waals surface area contributed by atoms with Crippen molar-refractivity contribution in [2.24, 2.45) is 0 Å². The van der Waals surface area contributed by atoms with Gasteiger partial charge in [0.1, 0.15) is 12.2 Å². The second-order valence-corrected chi connectivity index (χ2v) is 11.5. The summed E-state index contributed by atoms with van der Waals surface area (Å²) in [6.07, 6.45) is 9.26. The number of hydrogen-bond donors (Lipinski definition) is 1. The lowest BCUT2D eigenvalue weighted by Gasteiger charge is -2.22. The minimum Gasteiger partial charge on any atom is -0.434 e. The Kier molecular flexibility index (Phi) is 14.0. The first-order valence-electron chi connectivity index (χ1n) is 13.9. The molecule has 2 aliphatic rings. The van der Waals surface area contributed by atoms with E-state index in [1.54, 1.807) is 0 Å². The molecule has 0 aliphatic heterocycles. The van der Waals surface area contributed by atoms with Crippen molar-refractivity contribution in [1.82, 2.24) is 5.09 Å². The van der Waals surface area contributed by atoms with Crippen LogP contribution in [0.25, 0.3) is 0 Å². The quantitative estimate of drug-likeness (QED) is 0.143. The molecule has 38 heavy (non-hydrogen) atoms. The van der Waals surface area contributed by atoms with Gasteiger partial charge < -0.3 is 18.9 Å². The first kappa shape index (κ1) is 30.4. The summed E-state index contributed by atoms with van der Waals surface area (Å²) in [4.78, 5) is 23.7. The van der Waals surface area contributed by atoms with E-state index < -0.39 is 20.1 Å². The number of hydrogen-bond acceptors (Lipinski definition) is 9. The van der Waals surface area contributed by atoms with E-state index >= 15 is 0 Å². The minimum absolute atomic E-state index is 0.0555. The van der Waals surface area contributed by atoms with Crippen LogP contribution in [0.2, 0.25) is 0 Å². The zero-order chi connectivity index (χ0) is 26.9. The van der Waals surface area contributed by atoms with E-state index in [1.807, 2.05) is 30.3 Å². The summed E-state index contributed by atoms with van der Waals surface area (Å²) in [5.41, 5.74) is 0.919. The molecule has 11 heteroatoms. The van der Waals surface area contributed by atoms with Crippen LogP contribution in [0.1, 0.15) is 82.6 Å². The van der Waals surface area contributed by atoms with E-state index in [1.165, 1.54) is 12.8 Å². The number of nitrogens with one attached hydrogen (secondary N) is 1. The van der Waals surface area contributed by atoms with Crippen LogP contribution in [0.15, 0.2) is 30.3 Å². The van der Waals surface area contributed by atoms with Crippen LogP contribution in [0.4, 0.5) is 9.59 Å². The third-order valence-electron chi connectivity index (χ3n) is 6.49. The van der Waals surface area contributed by atoms with Gasteiger partial charge in [-0.05, 0) is 56.9 Å². The SMILES string of the molecule is O=C(OCCCOP(=O)(NCc1ccccc1)OCCCOC(=O)OC1CCCCC1)OC1CCCCC1. The fourth-order valence-electron chi connectivity index (χ4n) is 4.42. The third kappa shape index (κ3) is 12.6. The first-order valence-corrected chi connectivity index (χ1v) is 15.4. The number of carbonyl (C=O) groups excluding carboxylic acids is 2. The second kappa shape index (κ2) is 17.5. The largest absolute Gasteiger partial charge is 0.508 e. The van der Waals surface area contributed by atoms with Crippen molar-refractivity contribution in [2.75, 3.05) is 26.4 Å². The molecular formula is C27H42NO9P. The Morgan fingerprint density at radius 2 is 1.18 bits per heavy atom. The molecule has 1 N–H and O–H groups in total. The van der Waals surface area contributed by atoms with Gasteiger partial charge in [0.25, 0.3) is 0 Å². The van der Waals surface area contributed by atoms with Crippen LogP contribution < -0.4 is 5.09 Å². The summed E-state index contributed by atoms with van der Waals surface area (Å²) in [5.74, 6) is 0. The molecule has 0 bridgehead atoms. The Hall–Kier alpha value is -2.13. The molecule has 1 aromatic rings. The Bertz CT molecular complexity index is 811. The summed E-state index contributed by atoms with van der Waals surface area (Å²) < 4.78 is 45.3. The lowest BCUT2D eigenvalue weighted by atomic mass is 9.98. The van der Waals surface area contributed by atoms with Crippen LogP contribution in [0.5, 0.6) is 0 Å². The number of rotatable bonds is 15. The van der Waals surface area contributed by atoms with E-state index in [0.29, 0.717) is 12.8 Å². The molecule has 0 spiro atoms. The summed E-state index contributed by atoms with van der Waals surface area (Å²) in [6, 6.07) is 9.46. The van der Waals surface area contributed by atoms with Crippen molar-refractivity contribution in [2.45, 2.75) is 95.8 Å². The van der Waals surface area contributed by atoms with Gasteiger partial charge >= 0.3 is 20.1 Å². The Balaban J connectivity index is 1.34. The molecule has 1 aromatic carbocycles. The fourth-order valence-corrected chi connectivity index (χ4v) is 5.79. The molecule has 0 amide bonds. The number of ether oxygens (including phenoxy) is 4. The highest BCUT2D eigenvalue weighted by Crippen LogP contribution is 2.44. The van der Waals surface area contributed by atoms with Gasteiger partial charge in [-0.25, -0.2) is 19.2 Å². The van der Waals surface area contributed by atoms with Crippen LogP contribution in [-0.4, -0.2) is 50.9 Å². The maximum Gasteiger partial charge on any atom is 0.508 e. The Morgan fingerprint density at radius 3 is 1.66 bits per heavy atom. The van der Waals surface area contributed by atoms with E-state index in [9.17, 15) is 14.2 Å². The normalized spacial score (nSPS) is 17.1. The fraction of sp³-hybridized carbons (Fsp3) is 0.704. The van der Waals surface area contributed by atoms with Crippen molar-refractivity contribution in [1.29, 1.82) is 0 Å². The van der Waals surface area contributed by atoms with Crippen molar-refractivity contribution in [3.63, 3.8) is 0 Å². The van der Waals surface area contributed by atoms with Crippen LogP contribution >= 0.6 is 7.75 Å². The zero-order valence-corrected chi connectivity index (χ0v) is 23.1. The highest BCUT2D eigenvalue weighted by molar-refractivity contribution is 7.51. The number of carbonyl (C=O) groups is 2. The molecule has 2 aliphatic carbocycles. The van der Waals surface area contributed by atoms with Gasteiger partial charge in [0.05, 0.1) is 26.4 Å². The molecular weight excluding hydrogens is 513 g/mol. The molecule has 0 aromatic heterocycles. The van der Waals surface area contributed by atoms with Crippen LogP contribution in [0.3, 0.4) is 0 Å². The van der Waals surface area contributed by atoms with Gasteiger partial charge in [0.2, 0.25) is 0 Å². The van der Waals surface area contributed by atoms with E-state index in [4.69, 9.17) is 28.0 Å². The summed E-state index contributed by atoms with van der Waals surface area (Å²) in [6.45, 7) is 0.564. The zero-order valence-electron chi connectivity index (χ0n) is 22.2. The average Bonchev–Trinajstić information content (AvgIpc) is 2.93. The molecule has 0 saturated heterocycles. The molecule has 0 atom stereocenters. The summed E-state index contributed by atoms with van der Waals surface area (Å²) in [7, 11) is -3.66. The van der Waals surface area contributed by atoms with Crippen molar-refractivity contribution < 1.29 is 42.1 Å². The highest BCUT2D eigenvalue weighted by Gasteiger charge is 2.25. The summed E-state index contributed by atoms with van der Waals surface area (Å²) >= 11 is 0. The molecule has 3 rings (SSSR count). The predicted octanol–water partition coefficient (Wildman–Crippen LogP) is 6.67. The van der Waals surface area contributed by atoms with Gasteiger partial charge in [0.15, 0.2) is 0 Å². The molecule has 2 saturated carbocycles. The smallest absolute Gasteiger partial charge is 0.434 e. The topological polar surface area (TPSA) is 119 Å². The maximum absolute atomic E-state index is 13.3. The highest BCUT2D eigenvalue weighted by atomic mass is 31.2. The lowest BCUT2D eigenvalue weighted by Crippen LogP contribution is -2.22. The van der Waals surface area contributed by atoms with Crippen molar-refractivity contribution in [3.8, 4) is 0 Å². The standard InChI is InChI=1S/C27H42NO9P/c29-26(36-24-14-6-2-7-15-24)32-18-10-20-34-38(31,28-22-23-12-4-1-5-13-23)35-21-11-19-33-27(30)37-25-16-8-3-9-17-25/h1,4-5,12-13,24-25H,2-3,6-11,14-22H2,(H,28,31). The third-order valence-corrected chi connectivity index (χ3v) is 8.08. The van der Waals surface area contributed by atoms with Gasteiger partial charge in [-0.3, -0.25) is 9.05 Å². The second-order valence-electron chi connectivity index (χ2n) is 9.64. The van der Waals surface area contributed by atoms with Gasteiger partial charge in [-0.2, -0.15) is 0 Å². The molecule has 10 nitrogen and oxygen atoms in total. The van der Waals surface area contributed by atoms with E-state index in [0.717, 1.165) is 56.9 Å². The van der Waals surface area contributed by atoms with Crippen molar-refractivity contribution >= 4 is 20.1 Å². The Labute approximate surface area is 225 Å². The molecule has 0 radical (unpaired) electrons. The van der Waals surface area contributed by atoms with E-state index in [-0.39, 0.29) is 45.2 Å². The lowest BCUT2D eigenvalue weighted by molar-refractivity contribution is 0.00925. The molecule has 0 heterocycles. The van der Waals surface area contributed by atoms with Gasteiger partial charge in [-0.1, -0.05) is 43.2 Å². The average molecular weight is 556 g/mol. The number of benzene rings is 1. The molecule has 214 valence electrons. The van der Waals surface area contributed by atoms with Crippen LogP contribution in [0, 0.1) is 0 Å². The van der Waals surface area contributed by atoms with Crippen molar-refractivity contribution in [3.05, 3.63) is 35.9 Å². The van der Waals surface area contributed by atoms with Gasteiger partial charge in [-0.15, -0.1) is 0 Å². The van der Waals surface area contributed by atoms with Gasteiger partial charge in [0, 0.05) is 19.4 Å². The maximum atomic E-state index is 13.3. The van der Waals surface area contributed by atoms with Crippen LogP contribution in [-0.2, 0) is 39.1 Å². The predicted molar refractivity (Wildman–Crippen MR) is 141 cm³/mol. The minimum atomic E-state index is -3.66. The first-order chi connectivity index (χ1) is 18.5. The molecule has 0 unspecified atom stereocenters. The monoisotopic (exact) mass is 555 g/mol.